The number of amides is 1. The van der Waals surface area contributed by atoms with Gasteiger partial charge in [-0.05, 0) is 38.7 Å². The third-order valence-corrected chi connectivity index (χ3v) is 3.28. The summed E-state index contributed by atoms with van der Waals surface area (Å²) in [6.07, 6.45) is 1.51. The Morgan fingerprint density at radius 1 is 1.15 bits per heavy atom. The van der Waals surface area contributed by atoms with Gasteiger partial charge in [-0.15, -0.1) is 0 Å². The van der Waals surface area contributed by atoms with Gasteiger partial charge in [-0.3, -0.25) is 4.79 Å². The van der Waals surface area contributed by atoms with Gasteiger partial charge in [-0.1, -0.05) is 37.3 Å². The molecule has 112 valence electrons. The highest BCUT2D eigenvalue weighted by atomic mass is 16.1. The van der Waals surface area contributed by atoms with Crippen molar-refractivity contribution in [1.29, 1.82) is 0 Å². The zero-order valence-corrected chi connectivity index (χ0v) is 13.2. The van der Waals surface area contributed by atoms with E-state index >= 15 is 0 Å². The van der Waals surface area contributed by atoms with Crippen LogP contribution in [0.4, 0.5) is 0 Å². The highest BCUT2D eigenvalue weighted by Crippen LogP contribution is 2.17. The van der Waals surface area contributed by atoms with Crippen molar-refractivity contribution in [3.8, 4) is 0 Å². The molecule has 2 N–H and O–H groups in total. The molecule has 20 heavy (non-hydrogen) atoms. The van der Waals surface area contributed by atoms with Crippen LogP contribution in [-0.2, 0) is 4.79 Å². The molecule has 0 fully saturated rings. The van der Waals surface area contributed by atoms with Crippen molar-refractivity contribution >= 4 is 5.91 Å². The molecule has 1 amide bonds. The predicted molar refractivity (Wildman–Crippen MR) is 84.9 cm³/mol. The molecule has 0 spiro atoms. The maximum absolute atomic E-state index is 11.7. The van der Waals surface area contributed by atoms with E-state index in [4.69, 9.17) is 0 Å². The maximum atomic E-state index is 11.7. The molecule has 0 heterocycles. The summed E-state index contributed by atoms with van der Waals surface area (Å²) in [4.78, 5) is 11.7. The number of rotatable bonds is 7. The third kappa shape index (κ3) is 7.29. The van der Waals surface area contributed by atoms with E-state index in [0.717, 1.165) is 19.5 Å². The van der Waals surface area contributed by atoms with E-state index in [1.807, 2.05) is 6.07 Å². The smallest absolute Gasteiger partial charge is 0.221 e. The zero-order chi connectivity index (χ0) is 15.0. The molecule has 1 rings (SSSR count). The fourth-order valence-electron chi connectivity index (χ4n) is 2.02. The van der Waals surface area contributed by atoms with Crippen molar-refractivity contribution in [2.45, 2.75) is 52.0 Å². The highest BCUT2D eigenvalue weighted by molar-refractivity contribution is 5.76. The molecule has 1 unspecified atom stereocenters. The molecule has 1 atom stereocenters. The van der Waals surface area contributed by atoms with Gasteiger partial charge in [0.1, 0.15) is 0 Å². The van der Waals surface area contributed by atoms with Crippen LogP contribution in [0, 0.1) is 0 Å². The minimum Gasteiger partial charge on any atom is -0.356 e. The second-order valence-electron chi connectivity index (χ2n) is 6.38. The van der Waals surface area contributed by atoms with Crippen LogP contribution in [0.15, 0.2) is 30.3 Å². The number of carbonyl (C=O) groups is 1. The number of hydrogen-bond acceptors (Lipinski definition) is 2. The molecule has 0 aliphatic carbocycles. The van der Waals surface area contributed by atoms with E-state index in [9.17, 15) is 4.79 Å². The van der Waals surface area contributed by atoms with Crippen LogP contribution in [0.5, 0.6) is 0 Å². The lowest BCUT2D eigenvalue weighted by Gasteiger charge is -2.20. The normalized spacial score (nSPS) is 13.0. The summed E-state index contributed by atoms with van der Waals surface area (Å²) in [5.74, 6) is 0.603. The van der Waals surface area contributed by atoms with Gasteiger partial charge >= 0.3 is 0 Å². The molecular weight excluding hydrogens is 248 g/mol. The minimum atomic E-state index is 0.0715. The molecule has 0 aliphatic heterocycles. The van der Waals surface area contributed by atoms with E-state index in [0.29, 0.717) is 12.3 Å². The molecule has 3 heteroatoms. The zero-order valence-electron chi connectivity index (χ0n) is 13.2. The first kappa shape index (κ1) is 16.7. The van der Waals surface area contributed by atoms with Gasteiger partial charge in [0.15, 0.2) is 0 Å². The third-order valence-electron chi connectivity index (χ3n) is 3.28. The maximum Gasteiger partial charge on any atom is 0.221 e. The first-order valence-corrected chi connectivity index (χ1v) is 7.45. The first-order chi connectivity index (χ1) is 9.38. The van der Waals surface area contributed by atoms with Crippen LogP contribution in [0.3, 0.4) is 0 Å². The fourth-order valence-corrected chi connectivity index (χ4v) is 2.02. The number of hydrogen-bond donors (Lipinski definition) is 2. The van der Waals surface area contributed by atoms with Crippen molar-refractivity contribution in [2.75, 3.05) is 13.1 Å². The lowest BCUT2D eigenvalue weighted by Crippen LogP contribution is -2.38. The average Bonchev–Trinajstić information content (AvgIpc) is 2.38. The molecule has 0 bridgehead atoms. The number of carbonyl (C=O) groups excluding carboxylic acids is 1. The van der Waals surface area contributed by atoms with Gasteiger partial charge in [-0.2, -0.15) is 0 Å². The van der Waals surface area contributed by atoms with Gasteiger partial charge in [-0.25, -0.2) is 0 Å². The minimum absolute atomic E-state index is 0.0715. The topological polar surface area (TPSA) is 41.1 Å². The van der Waals surface area contributed by atoms with Crippen molar-refractivity contribution in [3.05, 3.63) is 35.9 Å². The lowest BCUT2D eigenvalue weighted by atomic mass is 9.98. The molecular formula is C17H28N2O. The fraction of sp³-hybridized carbons (Fsp3) is 0.588. The predicted octanol–water partition coefficient (Wildman–Crippen LogP) is 3.07. The largest absolute Gasteiger partial charge is 0.356 e. The van der Waals surface area contributed by atoms with Crippen LogP contribution in [0.25, 0.3) is 0 Å². The molecule has 1 aromatic carbocycles. The summed E-state index contributed by atoms with van der Waals surface area (Å²) >= 11 is 0. The number of benzene rings is 1. The molecule has 3 nitrogen and oxygen atoms in total. The van der Waals surface area contributed by atoms with Crippen molar-refractivity contribution in [2.24, 2.45) is 0 Å². The quantitative estimate of drug-likeness (QED) is 0.803. The second kappa shape index (κ2) is 8.05. The van der Waals surface area contributed by atoms with Crippen molar-refractivity contribution in [1.82, 2.24) is 10.6 Å². The SMILES string of the molecule is CC(CCNC(=O)CCNC(C)(C)C)c1ccccc1. The Morgan fingerprint density at radius 2 is 1.80 bits per heavy atom. The molecule has 1 aromatic rings. The van der Waals surface area contributed by atoms with Gasteiger partial charge in [0.25, 0.3) is 0 Å². The lowest BCUT2D eigenvalue weighted by molar-refractivity contribution is -0.121. The molecule has 0 aliphatic rings. The van der Waals surface area contributed by atoms with E-state index in [2.05, 4.69) is 62.6 Å². The Labute approximate surface area is 123 Å². The average molecular weight is 276 g/mol. The monoisotopic (exact) mass is 276 g/mol. The van der Waals surface area contributed by atoms with Crippen LogP contribution in [0.1, 0.15) is 52.0 Å². The van der Waals surface area contributed by atoms with E-state index < -0.39 is 0 Å². The van der Waals surface area contributed by atoms with Gasteiger partial charge in [0, 0.05) is 25.0 Å². The van der Waals surface area contributed by atoms with Crippen LogP contribution in [-0.4, -0.2) is 24.5 Å². The molecule has 0 radical (unpaired) electrons. The van der Waals surface area contributed by atoms with E-state index in [1.54, 1.807) is 0 Å². The number of nitrogens with one attached hydrogen (secondary N) is 2. The van der Waals surface area contributed by atoms with Crippen molar-refractivity contribution in [3.63, 3.8) is 0 Å². The van der Waals surface area contributed by atoms with Gasteiger partial charge in [0.05, 0.1) is 0 Å². The summed E-state index contributed by atoms with van der Waals surface area (Å²) < 4.78 is 0. The molecule has 0 aromatic heterocycles. The summed E-state index contributed by atoms with van der Waals surface area (Å²) in [5.41, 5.74) is 1.40. The van der Waals surface area contributed by atoms with Crippen molar-refractivity contribution < 1.29 is 4.79 Å². The van der Waals surface area contributed by atoms with Crippen LogP contribution < -0.4 is 10.6 Å². The summed E-state index contributed by atoms with van der Waals surface area (Å²) in [6, 6.07) is 10.4. The Bertz CT molecular complexity index is 395. The van der Waals surface area contributed by atoms with Gasteiger partial charge in [0.2, 0.25) is 5.91 Å². The summed E-state index contributed by atoms with van der Waals surface area (Å²) in [7, 11) is 0. The Hall–Kier alpha value is -1.35. The van der Waals surface area contributed by atoms with Gasteiger partial charge < -0.3 is 10.6 Å². The molecule has 0 saturated heterocycles. The van der Waals surface area contributed by atoms with E-state index in [-0.39, 0.29) is 11.4 Å². The Balaban J connectivity index is 2.16. The van der Waals surface area contributed by atoms with Crippen LogP contribution >= 0.6 is 0 Å². The van der Waals surface area contributed by atoms with Crippen LogP contribution in [0.2, 0.25) is 0 Å². The second-order valence-corrected chi connectivity index (χ2v) is 6.38. The molecule has 0 saturated carbocycles. The first-order valence-electron chi connectivity index (χ1n) is 7.45. The Morgan fingerprint density at radius 3 is 2.40 bits per heavy atom. The summed E-state index contributed by atoms with van der Waals surface area (Å²) in [5, 5.41) is 6.31. The van der Waals surface area contributed by atoms with E-state index in [1.165, 1.54) is 5.56 Å². The summed E-state index contributed by atoms with van der Waals surface area (Å²) in [6.45, 7) is 9.97. The standard InChI is InChI=1S/C17H28N2O/c1-14(15-8-6-5-7-9-15)10-12-18-16(20)11-13-19-17(2,3)4/h5-9,14,19H,10-13H2,1-4H3,(H,18,20). The Kier molecular flexibility index (Phi) is 6.73. The highest BCUT2D eigenvalue weighted by Gasteiger charge is 2.10.